The number of rotatable bonds is 6. The maximum atomic E-state index is 11.9. The molecule has 0 bridgehead atoms. The Labute approximate surface area is 151 Å². The summed E-state index contributed by atoms with van der Waals surface area (Å²) >= 11 is 0. The Kier molecular flexibility index (Phi) is 5.58. The lowest BCUT2D eigenvalue weighted by Crippen LogP contribution is -2.20. The Balaban J connectivity index is 1.65. The summed E-state index contributed by atoms with van der Waals surface area (Å²) < 4.78 is 0. The average Bonchev–Trinajstić information content (AvgIpc) is 3.17. The van der Waals surface area contributed by atoms with E-state index in [0.29, 0.717) is 11.3 Å². The second-order valence-electron chi connectivity index (χ2n) is 6.15. The number of amides is 1. The summed E-state index contributed by atoms with van der Waals surface area (Å²) in [5, 5.41) is 15.3. The van der Waals surface area contributed by atoms with Gasteiger partial charge in [-0.05, 0) is 24.5 Å². The predicted molar refractivity (Wildman–Crippen MR) is 100 cm³/mol. The zero-order chi connectivity index (χ0) is 18.4. The van der Waals surface area contributed by atoms with Crippen molar-refractivity contribution in [1.29, 1.82) is 0 Å². The number of nitro benzene ring substituents is 1. The van der Waals surface area contributed by atoms with Gasteiger partial charge < -0.3 is 4.90 Å². The van der Waals surface area contributed by atoms with Crippen LogP contribution >= 0.6 is 0 Å². The molecule has 1 heterocycles. The molecule has 0 aliphatic carbocycles. The van der Waals surface area contributed by atoms with Crippen LogP contribution in [-0.4, -0.2) is 30.1 Å². The molecule has 7 nitrogen and oxygen atoms in total. The van der Waals surface area contributed by atoms with E-state index in [1.807, 2.05) is 35.2 Å². The van der Waals surface area contributed by atoms with Crippen molar-refractivity contribution in [3.63, 3.8) is 0 Å². The van der Waals surface area contributed by atoms with Gasteiger partial charge in [0.15, 0.2) is 0 Å². The smallest absolute Gasteiger partial charge is 0.293 e. The van der Waals surface area contributed by atoms with Gasteiger partial charge >= 0.3 is 0 Å². The van der Waals surface area contributed by atoms with Crippen LogP contribution in [0.3, 0.4) is 0 Å². The van der Waals surface area contributed by atoms with Gasteiger partial charge in [0.25, 0.3) is 5.69 Å². The maximum Gasteiger partial charge on any atom is 0.293 e. The fourth-order valence-electron chi connectivity index (χ4n) is 2.99. The number of hydrogen-bond acceptors (Lipinski definition) is 5. The van der Waals surface area contributed by atoms with Crippen LogP contribution in [0, 0.1) is 10.1 Å². The third-order valence-corrected chi connectivity index (χ3v) is 4.25. The second kappa shape index (κ2) is 8.24. The number of carbonyl (C=O) groups is 1. The van der Waals surface area contributed by atoms with Crippen LogP contribution in [0.5, 0.6) is 0 Å². The van der Waals surface area contributed by atoms with E-state index in [-0.39, 0.29) is 22.9 Å². The highest BCUT2D eigenvalue weighted by Gasteiger charge is 2.22. The van der Waals surface area contributed by atoms with Crippen LogP contribution in [0.4, 0.5) is 11.4 Å². The third kappa shape index (κ3) is 4.44. The van der Waals surface area contributed by atoms with E-state index in [1.165, 1.54) is 12.3 Å². The van der Waals surface area contributed by atoms with Crippen molar-refractivity contribution in [2.24, 2.45) is 5.10 Å². The lowest BCUT2D eigenvalue weighted by molar-refractivity contribution is -0.384. The third-order valence-electron chi connectivity index (χ3n) is 4.25. The number of nitrogens with zero attached hydrogens (tertiary/aromatic N) is 3. The summed E-state index contributed by atoms with van der Waals surface area (Å²) in [5.74, 6) is -0.240. The van der Waals surface area contributed by atoms with Gasteiger partial charge in [0.2, 0.25) is 5.91 Å². The molecule has 134 valence electrons. The fraction of sp³-hybridized carbons (Fsp3) is 0.263. The Morgan fingerprint density at radius 2 is 1.92 bits per heavy atom. The van der Waals surface area contributed by atoms with Crippen LogP contribution in [-0.2, 0) is 11.2 Å². The molecule has 2 aromatic carbocycles. The molecule has 1 N–H and O–H groups in total. The van der Waals surface area contributed by atoms with Gasteiger partial charge in [-0.1, -0.05) is 36.4 Å². The second-order valence-corrected chi connectivity index (χ2v) is 6.15. The summed E-state index contributed by atoms with van der Waals surface area (Å²) in [6, 6.07) is 14.4. The van der Waals surface area contributed by atoms with E-state index in [0.717, 1.165) is 31.5 Å². The number of carbonyl (C=O) groups excluding carboxylic acids is 1. The van der Waals surface area contributed by atoms with Gasteiger partial charge in [0.05, 0.1) is 17.6 Å². The SMILES string of the molecule is O=C(Cc1ccccc1)NN=Cc1ccc(N2CCCC2)c([N+](=O)[O-])c1. The molecule has 1 saturated heterocycles. The lowest BCUT2D eigenvalue weighted by Gasteiger charge is -2.17. The number of benzene rings is 2. The Morgan fingerprint density at radius 3 is 2.62 bits per heavy atom. The summed E-state index contributed by atoms with van der Waals surface area (Å²) in [7, 11) is 0. The quantitative estimate of drug-likeness (QED) is 0.492. The minimum absolute atomic E-state index is 0.0615. The molecule has 1 aliphatic heterocycles. The van der Waals surface area contributed by atoms with Crippen molar-refractivity contribution in [3.05, 3.63) is 69.8 Å². The first-order chi connectivity index (χ1) is 12.6. The molecule has 0 atom stereocenters. The van der Waals surface area contributed by atoms with Crippen molar-refractivity contribution >= 4 is 23.5 Å². The molecule has 26 heavy (non-hydrogen) atoms. The molecule has 0 saturated carbocycles. The lowest BCUT2D eigenvalue weighted by atomic mass is 10.1. The largest absolute Gasteiger partial charge is 0.366 e. The normalized spacial score (nSPS) is 13.9. The van der Waals surface area contributed by atoms with Crippen molar-refractivity contribution in [2.75, 3.05) is 18.0 Å². The molecule has 1 amide bonds. The fourth-order valence-corrected chi connectivity index (χ4v) is 2.99. The van der Waals surface area contributed by atoms with Crippen molar-refractivity contribution < 1.29 is 9.72 Å². The molecule has 7 heteroatoms. The van der Waals surface area contributed by atoms with Crippen molar-refractivity contribution in [3.8, 4) is 0 Å². The van der Waals surface area contributed by atoms with E-state index >= 15 is 0 Å². The molecule has 0 radical (unpaired) electrons. The van der Waals surface area contributed by atoms with Gasteiger partial charge in [-0.3, -0.25) is 14.9 Å². The van der Waals surface area contributed by atoms with Crippen molar-refractivity contribution in [1.82, 2.24) is 5.43 Å². The van der Waals surface area contributed by atoms with Crippen LogP contribution in [0.1, 0.15) is 24.0 Å². The number of nitrogens with one attached hydrogen (secondary N) is 1. The summed E-state index contributed by atoms with van der Waals surface area (Å²) in [6.07, 6.45) is 3.75. The van der Waals surface area contributed by atoms with E-state index in [4.69, 9.17) is 0 Å². The zero-order valence-corrected chi connectivity index (χ0v) is 14.3. The first kappa shape index (κ1) is 17.6. The summed E-state index contributed by atoms with van der Waals surface area (Å²) in [5.41, 5.74) is 4.61. The van der Waals surface area contributed by atoms with Gasteiger partial charge in [0.1, 0.15) is 5.69 Å². The predicted octanol–water partition coefficient (Wildman–Crippen LogP) is 2.89. The van der Waals surface area contributed by atoms with Crippen LogP contribution in [0.2, 0.25) is 0 Å². The molecule has 3 rings (SSSR count). The van der Waals surface area contributed by atoms with Crippen LogP contribution < -0.4 is 10.3 Å². The topological polar surface area (TPSA) is 87.8 Å². The number of hydrazone groups is 1. The number of nitro groups is 1. The van der Waals surface area contributed by atoms with Gasteiger partial charge in [0, 0.05) is 24.7 Å². The minimum atomic E-state index is -0.376. The maximum absolute atomic E-state index is 11.9. The standard InChI is InChI=1S/C19H20N4O3/c24-19(13-15-6-2-1-3-7-15)21-20-14-16-8-9-17(18(12-16)23(25)26)22-10-4-5-11-22/h1-3,6-9,12,14H,4-5,10-11,13H2,(H,21,24). The molecule has 0 spiro atoms. The zero-order valence-electron chi connectivity index (χ0n) is 14.3. The number of anilines is 1. The van der Waals surface area contributed by atoms with Gasteiger partial charge in [-0.25, -0.2) is 5.43 Å². The summed E-state index contributed by atoms with van der Waals surface area (Å²) in [4.78, 5) is 24.9. The Bertz CT molecular complexity index is 815. The molecule has 2 aromatic rings. The first-order valence-electron chi connectivity index (χ1n) is 8.53. The monoisotopic (exact) mass is 352 g/mol. The molecule has 1 fully saturated rings. The van der Waals surface area contributed by atoms with Gasteiger partial charge in [-0.15, -0.1) is 0 Å². The van der Waals surface area contributed by atoms with Crippen LogP contribution in [0.25, 0.3) is 0 Å². The molecular weight excluding hydrogens is 332 g/mol. The van der Waals surface area contributed by atoms with E-state index in [9.17, 15) is 14.9 Å². The molecule has 1 aliphatic rings. The highest BCUT2D eigenvalue weighted by molar-refractivity contribution is 5.85. The van der Waals surface area contributed by atoms with E-state index in [2.05, 4.69) is 10.5 Å². The van der Waals surface area contributed by atoms with E-state index < -0.39 is 0 Å². The van der Waals surface area contributed by atoms with Crippen LogP contribution in [0.15, 0.2) is 53.6 Å². The van der Waals surface area contributed by atoms with E-state index in [1.54, 1.807) is 12.1 Å². The van der Waals surface area contributed by atoms with Crippen molar-refractivity contribution in [2.45, 2.75) is 19.3 Å². The number of hydrogen-bond donors (Lipinski definition) is 1. The minimum Gasteiger partial charge on any atom is -0.366 e. The summed E-state index contributed by atoms with van der Waals surface area (Å²) in [6.45, 7) is 1.67. The Hall–Kier alpha value is -3.22. The molecular formula is C19H20N4O3. The molecule has 0 unspecified atom stereocenters. The Morgan fingerprint density at radius 1 is 1.19 bits per heavy atom. The molecule has 0 aromatic heterocycles. The highest BCUT2D eigenvalue weighted by Crippen LogP contribution is 2.31. The first-order valence-corrected chi connectivity index (χ1v) is 8.53. The van der Waals surface area contributed by atoms with Gasteiger partial charge in [-0.2, -0.15) is 5.10 Å². The average molecular weight is 352 g/mol. The highest BCUT2D eigenvalue weighted by atomic mass is 16.6.